The van der Waals surface area contributed by atoms with Crippen LogP contribution in [0.15, 0.2) is 12.7 Å². The topological polar surface area (TPSA) is 86.3 Å². The SMILES string of the molecule is C=CC(=O)NC(C)(C)C(=O)CCC(=O)[O-].[Na+]. The Morgan fingerprint density at radius 3 is 2.19 bits per heavy atom. The molecule has 6 heteroatoms. The first-order valence-electron chi connectivity index (χ1n) is 4.47. The maximum absolute atomic E-state index is 11.5. The Morgan fingerprint density at radius 1 is 1.31 bits per heavy atom. The summed E-state index contributed by atoms with van der Waals surface area (Å²) in [6.07, 6.45) is 0.548. The fraction of sp³-hybridized carbons (Fsp3) is 0.500. The molecule has 84 valence electrons. The number of carbonyl (C=O) groups is 3. The number of carbonyl (C=O) groups excluding carboxylic acids is 3. The molecule has 0 aliphatic rings. The summed E-state index contributed by atoms with van der Waals surface area (Å²) < 4.78 is 0. The third-order valence-electron chi connectivity index (χ3n) is 1.87. The van der Waals surface area contributed by atoms with Gasteiger partial charge in [-0.2, -0.15) is 0 Å². The molecule has 0 unspecified atom stereocenters. The Bertz CT molecular complexity index is 299. The van der Waals surface area contributed by atoms with Gasteiger partial charge in [-0.1, -0.05) is 6.58 Å². The molecule has 0 aromatic carbocycles. The number of hydrogen-bond acceptors (Lipinski definition) is 4. The summed E-state index contributed by atoms with van der Waals surface area (Å²) in [6, 6.07) is 0. The fourth-order valence-electron chi connectivity index (χ4n) is 0.957. The first-order valence-corrected chi connectivity index (χ1v) is 4.47. The Labute approximate surface area is 117 Å². The average molecular weight is 235 g/mol. The minimum absolute atomic E-state index is 0. The quantitative estimate of drug-likeness (QED) is 0.377. The van der Waals surface area contributed by atoms with Crippen LogP contribution in [0.25, 0.3) is 0 Å². The van der Waals surface area contributed by atoms with Crippen molar-refractivity contribution in [3.05, 3.63) is 12.7 Å². The second-order valence-electron chi connectivity index (χ2n) is 3.61. The van der Waals surface area contributed by atoms with Crippen LogP contribution in [0, 0.1) is 0 Å². The summed E-state index contributed by atoms with van der Waals surface area (Å²) in [5.41, 5.74) is -1.08. The first kappa shape index (κ1) is 17.7. The molecule has 0 fully saturated rings. The van der Waals surface area contributed by atoms with E-state index >= 15 is 0 Å². The summed E-state index contributed by atoms with van der Waals surface area (Å²) in [6.45, 7) is 6.26. The zero-order valence-corrected chi connectivity index (χ0v) is 11.8. The van der Waals surface area contributed by atoms with Gasteiger partial charge in [0.15, 0.2) is 5.78 Å². The van der Waals surface area contributed by atoms with Crippen LogP contribution in [0.3, 0.4) is 0 Å². The number of rotatable bonds is 6. The van der Waals surface area contributed by atoms with Gasteiger partial charge in [-0.05, 0) is 26.3 Å². The van der Waals surface area contributed by atoms with E-state index in [1.807, 2.05) is 0 Å². The number of aliphatic carboxylic acids is 1. The van der Waals surface area contributed by atoms with Gasteiger partial charge in [0.05, 0.1) is 5.54 Å². The van der Waals surface area contributed by atoms with Gasteiger partial charge < -0.3 is 15.2 Å². The van der Waals surface area contributed by atoms with Crippen LogP contribution in [0.1, 0.15) is 26.7 Å². The van der Waals surface area contributed by atoms with Gasteiger partial charge in [0, 0.05) is 12.4 Å². The van der Waals surface area contributed by atoms with Crippen molar-refractivity contribution in [3.8, 4) is 0 Å². The third-order valence-corrected chi connectivity index (χ3v) is 1.87. The molecule has 1 N–H and O–H groups in total. The molecule has 0 saturated carbocycles. The minimum atomic E-state index is -1.28. The Kier molecular flexibility index (Phi) is 8.42. The molecule has 16 heavy (non-hydrogen) atoms. The van der Waals surface area contributed by atoms with E-state index in [0.29, 0.717) is 0 Å². The van der Waals surface area contributed by atoms with Gasteiger partial charge in [-0.25, -0.2) is 0 Å². The second-order valence-corrected chi connectivity index (χ2v) is 3.61. The molecule has 0 aromatic heterocycles. The molecule has 0 aromatic rings. The predicted octanol–water partition coefficient (Wildman–Crippen LogP) is -3.83. The van der Waals surface area contributed by atoms with E-state index in [9.17, 15) is 19.5 Å². The molecule has 0 aliphatic carbocycles. The smallest absolute Gasteiger partial charge is 0.550 e. The van der Waals surface area contributed by atoms with Gasteiger partial charge in [0.2, 0.25) is 5.91 Å². The van der Waals surface area contributed by atoms with Crippen LogP contribution in [0.4, 0.5) is 0 Å². The van der Waals surface area contributed by atoms with Crippen LogP contribution in [0.5, 0.6) is 0 Å². The van der Waals surface area contributed by atoms with Crippen molar-refractivity contribution >= 4 is 17.7 Å². The van der Waals surface area contributed by atoms with E-state index < -0.39 is 17.4 Å². The Hall–Kier alpha value is -0.650. The summed E-state index contributed by atoms with van der Waals surface area (Å²) in [5.74, 6) is -2.11. The second kappa shape index (κ2) is 7.60. The number of Topliss-reactive ketones (excluding diaryl/α,β-unsaturated/α-hetero) is 1. The summed E-state index contributed by atoms with van der Waals surface area (Å²) in [5, 5.41) is 12.6. The number of ketones is 1. The number of carboxylic acid groups (broad SMARTS) is 1. The predicted molar refractivity (Wildman–Crippen MR) is 51.7 cm³/mol. The molecule has 0 radical (unpaired) electrons. The van der Waals surface area contributed by atoms with E-state index in [0.717, 1.165) is 6.08 Å². The van der Waals surface area contributed by atoms with Gasteiger partial charge in [0.1, 0.15) is 0 Å². The van der Waals surface area contributed by atoms with Gasteiger partial charge in [-0.3, -0.25) is 9.59 Å². The molecule has 0 atom stereocenters. The summed E-state index contributed by atoms with van der Waals surface area (Å²) in [7, 11) is 0. The fourth-order valence-corrected chi connectivity index (χ4v) is 0.957. The molecular formula is C10H14NNaO4. The van der Waals surface area contributed by atoms with E-state index in [1.165, 1.54) is 13.8 Å². The molecule has 5 nitrogen and oxygen atoms in total. The zero-order valence-electron chi connectivity index (χ0n) is 9.83. The van der Waals surface area contributed by atoms with Gasteiger partial charge >= 0.3 is 29.6 Å². The number of amides is 1. The number of nitrogens with one attached hydrogen (secondary N) is 1. The van der Waals surface area contributed by atoms with E-state index in [2.05, 4.69) is 11.9 Å². The monoisotopic (exact) mass is 235 g/mol. The summed E-state index contributed by atoms with van der Waals surface area (Å²) >= 11 is 0. The van der Waals surface area contributed by atoms with Crippen molar-refractivity contribution < 1.29 is 49.0 Å². The van der Waals surface area contributed by atoms with Crippen molar-refractivity contribution in [2.24, 2.45) is 0 Å². The van der Waals surface area contributed by atoms with Crippen LogP contribution in [-0.2, 0) is 14.4 Å². The molecule has 0 saturated heterocycles. The van der Waals surface area contributed by atoms with Crippen LogP contribution < -0.4 is 40.0 Å². The molecule has 1 amide bonds. The van der Waals surface area contributed by atoms with Crippen molar-refractivity contribution in [2.75, 3.05) is 0 Å². The number of hydrogen-bond donors (Lipinski definition) is 1. The third kappa shape index (κ3) is 6.76. The van der Waals surface area contributed by atoms with Crippen molar-refractivity contribution in [1.29, 1.82) is 0 Å². The summed E-state index contributed by atoms with van der Waals surface area (Å²) in [4.78, 5) is 32.6. The Balaban J connectivity index is 0. The molecule has 0 rings (SSSR count). The largest absolute Gasteiger partial charge is 1.00 e. The average Bonchev–Trinajstić information content (AvgIpc) is 2.13. The molecule has 0 bridgehead atoms. The molecular weight excluding hydrogens is 221 g/mol. The van der Waals surface area contributed by atoms with Gasteiger partial charge in [-0.15, -0.1) is 0 Å². The van der Waals surface area contributed by atoms with Crippen molar-refractivity contribution in [3.63, 3.8) is 0 Å². The maximum atomic E-state index is 11.5. The number of carboxylic acids is 1. The van der Waals surface area contributed by atoms with E-state index in [4.69, 9.17) is 0 Å². The van der Waals surface area contributed by atoms with Crippen LogP contribution in [0.2, 0.25) is 0 Å². The minimum Gasteiger partial charge on any atom is -0.550 e. The Morgan fingerprint density at radius 2 is 1.81 bits per heavy atom. The first-order chi connectivity index (χ1) is 6.79. The van der Waals surface area contributed by atoms with Crippen molar-refractivity contribution in [2.45, 2.75) is 32.2 Å². The molecule has 0 heterocycles. The van der Waals surface area contributed by atoms with E-state index in [-0.39, 0.29) is 48.2 Å². The molecule has 0 spiro atoms. The molecule has 0 aliphatic heterocycles. The van der Waals surface area contributed by atoms with Crippen LogP contribution in [-0.4, -0.2) is 23.2 Å². The standard InChI is InChI=1S/C10H15NO4.Na/c1-4-8(13)11-10(2,3)7(12)5-6-9(14)15;/h4H,1,5-6H2,2-3H3,(H,11,13)(H,14,15);/q;+1/p-1. The maximum Gasteiger partial charge on any atom is 1.00 e. The zero-order chi connectivity index (χ0) is 12.1. The van der Waals surface area contributed by atoms with Crippen molar-refractivity contribution in [1.82, 2.24) is 5.32 Å². The van der Waals surface area contributed by atoms with Crippen LogP contribution >= 0.6 is 0 Å². The van der Waals surface area contributed by atoms with Gasteiger partial charge in [0.25, 0.3) is 0 Å². The van der Waals surface area contributed by atoms with E-state index in [1.54, 1.807) is 0 Å². The normalized spacial score (nSPS) is 9.88.